The number of aromatic nitrogens is 2. The average molecular weight is 855 g/mol. The molecule has 0 spiro atoms. The van der Waals surface area contributed by atoms with Crippen molar-refractivity contribution in [3.8, 4) is 6.07 Å². The average Bonchev–Trinajstić information content (AvgIpc) is 3.50. The number of rotatable bonds is 12. The minimum Gasteiger partial charge on any atom is -0.352 e. The van der Waals surface area contributed by atoms with Crippen LogP contribution in [0.5, 0.6) is 0 Å². The summed E-state index contributed by atoms with van der Waals surface area (Å²) in [4.78, 5) is 58.4. The first-order chi connectivity index (χ1) is 29.6. The topological polar surface area (TPSA) is 146 Å². The fraction of sp³-hybridized carbons (Fsp3) is 0.333. The van der Waals surface area contributed by atoms with Crippen LogP contribution in [0.3, 0.4) is 0 Å². The Morgan fingerprint density at radius 1 is 0.855 bits per heavy atom. The van der Waals surface area contributed by atoms with Crippen molar-refractivity contribution in [2.24, 2.45) is 0 Å². The van der Waals surface area contributed by atoms with Crippen molar-refractivity contribution in [1.82, 2.24) is 25.3 Å². The van der Waals surface area contributed by atoms with Gasteiger partial charge >= 0.3 is 6.18 Å². The number of unbranched alkanes of at least 4 members (excludes halogenated alkanes) is 2. The number of fused-ring (bicyclic) bond motifs is 1. The standard InChI is InChI=1S/C45H43F5N8O4/c1-44(2)43(62)57(30-12-11-29(26-51)36(24-30)45(48,49)50)27-58(44)31-13-14-34(38(47)25-31)40(59)52-16-6-3-7-17-55-18-20-56(21-19-55)42(61)35-22-28(10-15-37(35)46)23-39-32-8-4-5-9-33(32)41(60)54-53-39/h4-5,8-15,22,24-25H,3,6-7,16-21,23,27H2,1-2H3,(H,52,59)(H,54,60). The van der Waals surface area contributed by atoms with Crippen LogP contribution in [0.25, 0.3) is 10.8 Å². The van der Waals surface area contributed by atoms with Gasteiger partial charge in [-0.3, -0.25) is 29.0 Å². The fourth-order valence-corrected chi connectivity index (χ4v) is 7.94. The van der Waals surface area contributed by atoms with Crippen molar-refractivity contribution in [3.05, 3.63) is 134 Å². The normalized spacial score (nSPS) is 15.6. The Bertz CT molecular complexity index is 2630. The maximum Gasteiger partial charge on any atom is 0.417 e. The number of hydrogen-bond acceptors (Lipinski definition) is 8. The summed E-state index contributed by atoms with van der Waals surface area (Å²) < 4.78 is 71.2. The highest BCUT2D eigenvalue weighted by atomic mass is 19.4. The zero-order chi connectivity index (χ0) is 44.3. The molecule has 0 saturated carbocycles. The number of carbonyl (C=O) groups is 3. The number of nitrogens with one attached hydrogen (secondary N) is 2. The van der Waals surface area contributed by atoms with Crippen molar-refractivity contribution >= 4 is 39.9 Å². The van der Waals surface area contributed by atoms with Crippen LogP contribution in [0, 0.1) is 23.0 Å². The molecule has 2 aliphatic heterocycles. The van der Waals surface area contributed by atoms with E-state index in [0.717, 1.165) is 42.5 Å². The number of piperazine rings is 1. The van der Waals surface area contributed by atoms with E-state index < -0.39 is 52.2 Å². The lowest BCUT2D eigenvalue weighted by Crippen LogP contribution is -2.49. The number of H-pyrrole nitrogens is 1. The molecule has 2 aliphatic rings. The molecular formula is C45H43F5N8O4. The van der Waals surface area contributed by atoms with Gasteiger partial charge in [0, 0.05) is 55.9 Å². The molecule has 2 saturated heterocycles. The first-order valence-corrected chi connectivity index (χ1v) is 20.1. The highest BCUT2D eigenvalue weighted by Gasteiger charge is 2.47. The van der Waals surface area contributed by atoms with Gasteiger partial charge in [-0.1, -0.05) is 30.7 Å². The zero-order valence-corrected chi connectivity index (χ0v) is 34.0. The van der Waals surface area contributed by atoms with Crippen LogP contribution in [0.2, 0.25) is 0 Å². The Kier molecular flexibility index (Phi) is 12.4. The van der Waals surface area contributed by atoms with E-state index in [9.17, 15) is 36.7 Å². The summed E-state index contributed by atoms with van der Waals surface area (Å²) in [6.07, 6.45) is -2.29. The lowest BCUT2D eigenvalue weighted by Gasteiger charge is -2.35. The third kappa shape index (κ3) is 9.01. The largest absolute Gasteiger partial charge is 0.417 e. The summed E-state index contributed by atoms with van der Waals surface area (Å²) >= 11 is 0. The highest BCUT2D eigenvalue weighted by Crippen LogP contribution is 2.39. The van der Waals surface area contributed by atoms with E-state index in [-0.39, 0.29) is 34.7 Å². The molecule has 0 radical (unpaired) electrons. The first-order valence-electron chi connectivity index (χ1n) is 20.1. The molecule has 7 rings (SSSR count). The minimum absolute atomic E-state index is 0.0179. The number of nitrogens with zero attached hydrogens (tertiary/aromatic N) is 6. The molecule has 0 unspecified atom stereocenters. The van der Waals surface area contributed by atoms with Crippen molar-refractivity contribution in [2.75, 3.05) is 55.7 Å². The molecule has 2 N–H and O–H groups in total. The van der Waals surface area contributed by atoms with Crippen LogP contribution in [0.4, 0.5) is 33.3 Å². The smallest absolute Gasteiger partial charge is 0.352 e. The second-order valence-electron chi connectivity index (χ2n) is 15.9. The number of halogens is 5. The molecule has 0 bridgehead atoms. The van der Waals surface area contributed by atoms with E-state index in [4.69, 9.17) is 5.26 Å². The maximum atomic E-state index is 15.4. The molecule has 62 heavy (non-hydrogen) atoms. The van der Waals surface area contributed by atoms with E-state index in [1.54, 1.807) is 49.1 Å². The Morgan fingerprint density at radius 2 is 1.58 bits per heavy atom. The molecule has 0 aliphatic carbocycles. The second kappa shape index (κ2) is 17.7. The van der Waals surface area contributed by atoms with Crippen LogP contribution in [-0.4, -0.2) is 89.2 Å². The van der Waals surface area contributed by atoms with Gasteiger partial charge in [0.25, 0.3) is 23.3 Å². The van der Waals surface area contributed by atoms with Crippen LogP contribution in [-0.2, 0) is 17.4 Å². The third-order valence-corrected chi connectivity index (χ3v) is 11.5. The molecule has 17 heteroatoms. The van der Waals surface area contributed by atoms with Crippen LogP contribution in [0.1, 0.15) is 76.2 Å². The lowest BCUT2D eigenvalue weighted by molar-refractivity contribution is -0.137. The first kappa shape index (κ1) is 43.4. The molecule has 3 heterocycles. The summed E-state index contributed by atoms with van der Waals surface area (Å²) in [5, 5.41) is 19.8. The lowest BCUT2D eigenvalue weighted by atomic mass is 10.0. The Hall–Kier alpha value is -6.67. The number of hydrogen-bond donors (Lipinski definition) is 2. The van der Waals surface area contributed by atoms with Gasteiger partial charge in [-0.25, -0.2) is 13.9 Å². The number of nitriles is 1. The Labute approximate surface area is 353 Å². The minimum atomic E-state index is -4.81. The third-order valence-electron chi connectivity index (χ3n) is 11.5. The van der Waals surface area contributed by atoms with E-state index >= 15 is 4.39 Å². The predicted molar refractivity (Wildman–Crippen MR) is 222 cm³/mol. The van der Waals surface area contributed by atoms with E-state index in [1.807, 2.05) is 6.07 Å². The number of amides is 3. The van der Waals surface area contributed by atoms with Crippen molar-refractivity contribution in [1.29, 1.82) is 5.26 Å². The predicted octanol–water partition coefficient (Wildman–Crippen LogP) is 6.63. The maximum absolute atomic E-state index is 15.4. The fourth-order valence-electron chi connectivity index (χ4n) is 7.94. The van der Waals surface area contributed by atoms with Crippen LogP contribution in [0.15, 0.2) is 83.7 Å². The summed E-state index contributed by atoms with van der Waals surface area (Å²) in [7, 11) is 0. The number of alkyl halides is 3. The van der Waals surface area contributed by atoms with Gasteiger partial charge in [-0.05, 0) is 93.4 Å². The summed E-state index contributed by atoms with van der Waals surface area (Å²) in [6.45, 7) is 6.07. The van der Waals surface area contributed by atoms with Crippen molar-refractivity contribution in [3.63, 3.8) is 0 Å². The summed E-state index contributed by atoms with van der Waals surface area (Å²) in [5.41, 5.74) is -2.05. The quantitative estimate of drug-likeness (QED) is 0.105. The van der Waals surface area contributed by atoms with Gasteiger partial charge in [0.2, 0.25) is 0 Å². The monoisotopic (exact) mass is 854 g/mol. The van der Waals surface area contributed by atoms with Crippen molar-refractivity contribution < 1.29 is 36.3 Å². The molecule has 322 valence electrons. The highest BCUT2D eigenvalue weighted by molar-refractivity contribution is 6.05. The van der Waals surface area contributed by atoms with Crippen LogP contribution < -0.4 is 20.7 Å². The summed E-state index contributed by atoms with van der Waals surface area (Å²) in [5.74, 6) is -2.98. The molecule has 4 aromatic carbocycles. The van der Waals surface area contributed by atoms with Crippen molar-refractivity contribution in [2.45, 2.75) is 51.2 Å². The Balaban J connectivity index is 0.852. The van der Waals surface area contributed by atoms with Crippen LogP contribution >= 0.6 is 0 Å². The second-order valence-corrected chi connectivity index (χ2v) is 15.9. The van der Waals surface area contributed by atoms with Gasteiger partial charge in [-0.2, -0.15) is 23.5 Å². The molecule has 12 nitrogen and oxygen atoms in total. The SMILES string of the molecule is CC1(C)C(=O)N(c2ccc(C#N)c(C(F)(F)F)c2)CN1c1ccc(C(=O)NCCCCCN2CCN(C(=O)c3cc(Cc4n[nH]c(=O)c5ccccc45)ccc3F)CC2)c(F)c1. The van der Waals surface area contributed by atoms with Gasteiger partial charge in [0.1, 0.15) is 17.2 Å². The molecule has 2 fully saturated rings. The van der Waals surface area contributed by atoms with E-state index in [0.29, 0.717) is 67.6 Å². The molecule has 1 aromatic heterocycles. The van der Waals surface area contributed by atoms with Gasteiger partial charge in [0.15, 0.2) is 0 Å². The molecule has 3 amide bonds. The number of aromatic amines is 1. The number of benzene rings is 4. The van der Waals surface area contributed by atoms with Gasteiger partial charge in [-0.15, -0.1) is 0 Å². The van der Waals surface area contributed by atoms with Gasteiger partial charge in [0.05, 0.1) is 46.1 Å². The summed E-state index contributed by atoms with van der Waals surface area (Å²) in [6, 6.07) is 20.0. The number of carbonyl (C=O) groups excluding carboxylic acids is 3. The molecular weight excluding hydrogens is 812 g/mol. The Morgan fingerprint density at radius 3 is 2.29 bits per heavy atom. The molecule has 5 aromatic rings. The van der Waals surface area contributed by atoms with E-state index in [1.165, 1.54) is 35.2 Å². The van der Waals surface area contributed by atoms with E-state index in [2.05, 4.69) is 20.4 Å². The number of anilines is 2. The van der Waals surface area contributed by atoms with Gasteiger partial charge < -0.3 is 15.1 Å². The molecule has 0 atom stereocenters. The zero-order valence-electron chi connectivity index (χ0n) is 34.0.